The van der Waals surface area contributed by atoms with Crippen LogP contribution in [0.25, 0.3) is 0 Å². The highest BCUT2D eigenvalue weighted by molar-refractivity contribution is 9.10. The molecule has 1 N–H and O–H groups in total. The highest BCUT2D eigenvalue weighted by atomic mass is 79.9. The zero-order valence-corrected chi connectivity index (χ0v) is 14.1. The number of halogens is 2. The van der Waals surface area contributed by atoms with Crippen LogP contribution >= 0.6 is 27.5 Å². The van der Waals surface area contributed by atoms with Gasteiger partial charge < -0.3 is 5.32 Å². The fraction of sp³-hybridized carbons (Fsp3) is 0.294. The van der Waals surface area contributed by atoms with Crippen molar-refractivity contribution in [1.82, 2.24) is 5.32 Å². The van der Waals surface area contributed by atoms with Crippen molar-refractivity contribution in [3.05, 3.63) is 68.7 Å². The zero-order chi connectivity index (χ0) is 14.5. The van der Waals surface area contributed by atoms with Crippen LogP contribution in [0.1, 0.15) is 36.1 Å². The molecule has 0 aromatic heterocycles. The van der Waals surface area contributed by atoms with Gasteiger partial charge in [0.1, 0.15) is 0 Å². The minimum absolute atomic E-state index is 0.198. The third-order valence-corrected chi connectivity index (χ3v) is 4.46. The van der Waals surface area contributed by atoms with Crippen molar-refractivity contribution in [1.29, 1.82) is 0 Å². The predicted octanol–water partition coefficient (Wildman–Crippen LogP) is 5.50. The molecule has 3 heteroatoms. The molecule has 20 heavy (non-hydrogen) atoms. The highest BCUT2D eigenvalue weighted by Gasteiger charge is 2.14. The minimum Gasteiger partial charge on any atom is -0.306 e. The maximum Gasteiger partial charge on any atom is 0.0577 e. The molecule has 0 bridgehead atoms. The SMILES string of the molecule is CCCNC(c1cccc(C)c1)c1ccc(Cl)c(Br)c1. The standard InChI is InChI=1S/C17H19BrClN/c1-3-9-20-17(13-6-4-5-12(2)10-13)14-7-8-16(19)15(18)11-14/h4-8,10-11,17,20H,3,9H2,1-2H3. The lowest BCUT2D eigenvalue weighted by Gasteiger charge is -2.20. The van der Waals surface area contributed by atoms with Crippen molar-refractivity contribution in [2.24, 2.45) is 0 Å². The van der Waals surface area contributed by atoms with Gasteiger partial charge in [-0.25, -0.2) is 0 Å². The first-order chi connectivity index (χ1) is 9.61. The first kappa shape index (κ1) is 15.6. The molecule has 0 saturated heterocycles. The van der Waals surface area contributed by atoms with Gasteiger partial charge in [-0.1, -0.05) is 54.4 Å². The Morgan fingerprint density at radius 3 is 2.55 bits per heavy atom. The van der Waals surface area contributed by atoms with Crippen LogP contribution in [0, 0.1) is 6.92 Å². The number of nitrogens with one attached hydrogen (secondary N) is 1. The molecule has 0 aliphatic carbocycles. The van der Waals surface area contributed by atoms with E-state index in [0.717, 1.165) is 22.5 Å². The summed E-state index contributed by atoms with van der Waals surface area (Å²) in [5.74, 6) is 0. The summed E-state index contributed by atoms with van der Waals surface area (Å²) in [4.78, 5) is 0. The third-order valence-electron chi connectivity index (χ3n) is 3.25. The van der Waals surface area contributed by atoms with Crippen molar-refractivity contribution in [3.8, 4) is 0 Å². The maximum absolute atomic E-state index is 6.09. The first-order valence-electron chi connectivity index (χ1n) is 6.86. The van der Waals surface area contributed by atoms with Crippen LogP contribution in [-0.2, 0) is 0 Å². The van der Waals surface area contributed by atoms with Gasteiger partial charge in [0, 0.05) is 4.47 Å². The lowest BCUT2D eigenvalue weighted by Crippen LogP contribution is -2.23. The molecular weight excluding hydrogens is 334 g/mol. The molecule has 1 unspecified atom stereocenters. The summed E-state index contributed by atoms with van der Waals surface area (Å²) in [6, 6.07) is 15.0. The van der Waals surface area contributed by atoms with Gasteiger partial charge >= 0.3 is 0 Å². The fourth-order valence-electron chi connectivity index (χ4n) is 2.26. The Morgan fingerprint density at radius 2 is 1.90 bits per heavy atom. The van der Waals surface area contributed by atoms with E-state index in [-0.39, 0.29) is 6.04 Å². The van der Waals surface area contributed by atoms with Crippen molar-refractivity contribution in [2.75, 3.05) is 6.54 Å². The quantitative estimate of drug-likeness (QED) is 0.749. The van der Waals surface area contributed by atoms with E-state index in [1.165, 1.54) is 16.7 Å². The summed E-state index contributed by atoms with van der Waals surface area (Å²) in [6.45, 7) is 5.29. The molecule has 0 amide bonds. The third kappa shape index (κ3) is 3.85. The molecular formula is C17H19BrClN. The molecule has 106 valence electrons. The summed E-state index contributed by atoms with van der Waals surface area (Å²) >= 11 is 9.60. The highest BCUT2D eigenvalue weighted by Crippen LogP contribution is 2.29. The van der Waals surface area contributed by atoms with E-state index in [1.54, 1.807) is 0 Å². The minimum atomic E-state index is 0.198. The van der Waals surface area contributed by atoms with Gasteiger partial charge in [0.2, 0.25) is 0 Å². The van der Waals surface area contributed by atoms with Gasteiger partial charge in [0.25, 0.3) is 0 Å². The molecule has 2 aromatic carbocycles. The van der Waals surface area contributed by atoms with Crippen molar-refractivity contribution in [3.63, 3.8) is 0 Å². The Balaban J connectivity index is 2.38. The van der Waals surface area contributed by atoms with Gasteiger partial charge in [0.15, 0.2) is 0 Å². The lowest BCUT2D eigenvalue weighted by atomic mass is 9.97. The molecule has 0 saturated carbocycles. The molecule has 2 aromatic rings. The molecule has 1 atom stereocenters. The number of aryl methyl sites for hydroxylation is 1. The van der Waals surface area contributed by atoms with Crippen LogP contribution in [0.3, 0.4) is 0 Å². The average molecular weight is 353 g/mol. The molecule has 0 heterocycles. The van der Waals surface area contributed by atoms with Crippen LogP contribution in [-0.4, -0.2) is 6.54 Å². The van der Waals surface area contributed by atoms with E-state index in [9.17, 15) is 0 Å². The summed E-state index contributed by atoms with van der Waals surface area (Å²) in [5, 5.41) is 4.35. The monoisotopic (exact) mass is 351 g/mol. The van der Waals surface area contributed by atoms with Crippen LogP contribution in [0.5, 0.6) is 0 Å². The number of hydrogen-bond acceptors (Lipinski definition) is 1. The second-order valence-corrected chi connectivity index (χ2v) is 6.24. The Morgan fingerprint density at radius 1 is 1.15 bits per heavy atom. The van der Waals surface area contributed by atoms with Crippen molar-refractivity contribution >= 4 is 27.5 Å². The fourth-order valence-corrected chi connectivity index (χ4v) is 2.77. The second kappa shape index (κ2) is 7.26. The summed E-state index contributed by atoms with van der Waals surface area (Å²) < 4.78 is 0.938. The molecule has 1 nitrogen and oxygen atoms in total. The van der Waals surface area contributed by atoms with Gasteiger partial charge in [-0.3, -0.25) is 0 Å². The van der Waals surface area contributed by atoms with Gasteiger partial charge in [-0.05, 0) is 59.1 Å². The van der Waals surface area contributed by atoms with Crippen molar-refractivity contribution < 1.29 is 0 Å². The molecule has 0 aliphatic heterocycles. The van der Waals surface area contributed by atoms with Crippen LogP contribution in [0.2, 0.25) is 5.02 Å². The summed E-state index contributed by atoms with van der Waals surface area (Å²) in [5.41, 5.74) is 3.78. The van der Waals surface area contributed by atoms with Crippen LogP contribution in [0.4, 0.5) is 0 Å². The number of benzene rings is 2. The molecule has 0 spiro atoms. The van der Waals surface area contributed by atoms with E-state index in [2.05, 4.69) is 71.5 Å². The Hall–Kier alpha value is -0.830. The summed E-state index contributed by atoms with van der Waals surface area (Å²) in [7, 11) is 0. The lowest BCUT2D eigenvalue weighted by molar-refractivity contribution is 0.598. The molecule has 0 fully saturated rings. The average Bonchev–Trinajstić information content (AvgIpc) is 2.43. The first-order valence-corrected chi connectivity index (χ1v) is 8.04. The topological polar surface area (TPSA) is 12.0 Å². The Bertz CT molecular complexity index is 583. The van der Waals surface area contributed by atoms with Gasteiger partial charge in [0.05, 0.1) is 11.1 Å². The number of rotatable bonds is 5. The Kier molecular flexibility index (Phi) is 5.64. The zero-order valence-electron chi connectivity index (χ0n) is 11.8. The van der Waals surface area contributed by atoms with Crippen LogP contribution < -0.4 is 5.32 Å². The van der Waals surface area contributed by atoms with Crippen LogP contribution in [0.15, 0.2) is 46.9 Å². The maximum atomic E-state index is 6.09. The van der Waals surface area contributed by atoms with E-state index >= 15 is 0 Å². The molecule has 2 rings (SSSR count). The summed E-state index contributed by atoms with van der Waals surface area (Å²) in [6.07, 6.45) is 1.11. The second-order valence-electron chi connectivity index (χ2n) is 4.97. The number of hydrogen-bond donors (Lipinski definition) is 1. The Labute approximate surface area is 134 Å². The van der Waals surface area contributed by atoms with E-state index in [1.807, 2.05) is 6.07 Å². The van der Waals surface area contributed by atoms with Gasteiger partial charge in [-0.2, -0.15) is 0 Å². The largest absolute Gasteiger partial charge is 0.306 e. The van der Waals surface area contributed by atoms with E-state index < -0.39 is 0 Å². The predicted molar refractivity (Wildman–Crippen MR) is 90.5 cm³/mol. The van der Waals surface area contributed by atoms with Crippen molar-refractivity contribution in [2.45, 2.75) is 26.3 Å². The molecule has 0 radical (unpaired) electrons. The smallest absolute Gasteiger partial charge is 0.0577 e. The van der Waals surface area contributed by atoms with E-state index in [4.69, 9.17) is 11.6 Å². The van der Waals surface area contributed by atoms with E-state index in [0.29, 0.717) is 0 Å². The van der Waals surface area contributed by atoms with Gasteiger partial charge in [-0.15, -0.1) is 0 Å². The normalized spacial score (nSPS) is 12.4. The molecule has 0 aliphatic rings.